The van der Waals surface area contributed by atoms with Gasteiger partial charge in [-0.15, -0.1) is 0 Å². The molecule has 0 aliphatic carbocycles. The second-order valence-corrected chi connectivity index (χ2v) is 3.72. The highest BCUT2D eigenvalue weighted by atomic mass is 16.3. The average Bonchev–Trinajstić information content (AvgIpc) is 2.29. The van der Waals surface area contributed by atoms with Gasteiger partial charge in [-0.25, -0.2) is 4.79 Å². The molecular weight excluding hydrogens is 220 g/mol. The van der Waals surface area contributed by atoms with E-state index in [1.165, 1.54) is 0 Å². The van der Waals surface area contributed by atoms with Gasteiger partial charge in [0.15, 0.2) is 0 Å². The van der Waals surface area contributed by atoms with Gasteiger partial charge in [-0.2, -0.15) is 0 Å². The lowest BCUT2D eigenvalue weighted by atomic mass is 10.1. The van der Waals surface area contributed by atoms with Crippen molar-refractivity contribution in [2.75, 3.05) is 0 Å². The number of nitrogens with one attached hydrogen (secondary N) is 2. The van der Waals surface area contributed by atoms with Crippen molar-refractivity contribution in [3.8, 4) is 5.88 Å². The normalized spacial score (nSPS) is 10.4. The van der Waals surface area contributed by atoms with E-state index in [9.17, 15) is 14.7 Å². The molecular formula is C12H12N2O3. The van der Waals surface area contributed by atoms with Crippen LogP contribution in [0.1, 0.15) is 11.1 Å². The molecule has 1 aromatic heterocycles. The second-order valence-electron chi connectivity index (χ2n) is 3.72. The van der Waals surface area contributed by atoms with Gasteiger partial charge >= 0.3 is 5.69 Å². The Bertz CT molecular complexity index is 614. The van der Waals surface area contributed by atoms with Crippen molar-refractivity contribution < 1.29 is 5.11 Å². The van der Waals surface area contributed by atoms with Crippen molar-refractivity contribution in [2.24, 2.45) is 0 Å². The van der Waals surface area contributed by atoms with Gasteiger partial charge in [0.05, 0.1) is 5.56 Å². The van der Waals surface area contributed by atoms with Crippen LogP contribution in [0.5, 0.6) is 5.88 Å². The molecule has 0 fully saturated rings. The Kier molecular flexibility index (Phi) is 3.09. The molecule has 1 aromatic carbocycles. The summed E-state index contributed by atoms with van der Waals surface area (Å²) in [6, 6.07) is 9.61. The van der Waals surface area contributed by atoms with E-state index in [0.29, 0.717) is 12.8 Å². The molecule has 0 saturated carbocycles. The summed E-state index contributed by atoms with van der Waals surface area (Å²) in [6.45, 7) is 0. The molecule has 5 heteroatoms. The highest BCUT2D eigenvalue weighted by molar-refractivity contribution is 5.23. The van der Waals surface area contributed by atoms with Crippen molar-refractivity contribution in [1.82, 2.24) is 9.97 Å². The number of hydrogen-bond donors (Lipinski definition) is 3. The fourth-order valence-electron chi connectivity index (χ4n) is 1.65. The van der Waals surface area contributed by atoms with Gasteiger partial charge in [-0.3, -0.25) is 14.8 Å². The van der Waals surface area contributed by atoms with Gasteiger partial charge < -0.3 is 5.11 Å². The fraction of sp³-hybridized carbons (Fsp3) is 0.167. The Hall–Kier alpha value is -2.30. The number of aromatic hydroxyl groups is 1. The Morgan fingerprint density at radius 3 is 2.35 bits per heavy atom. The Morgan fingerprint density at radius 2 is 1.71 bits per heavy atom. The molecule has 5 nitrogen and oxygen atoms in total. The first-order chi connectivity index (χ1) is 8.16. The minimum Gasteiger partial charge on any atom is -0.494 e. The first-order valence-electron chi connectivity index (χ1n) is 5.25. The molecule has 0 amide bonds. The lowest BCUT2D eigenvalue weighted by molar-refractivity contribution is 0.440. The van der Waals surface area contributed by atoms with Gasteiger partial charge in [0.1, 0.15) is 0 Å². The van der Waals surface area contributed by atoms with Crippen LogP contribution < -0.4 is 11.2 Å². The molecule has 0 spiro atoms. The van der Waals surface area contributed by atoms with E-state index in [1.54, 1.807) is 0 Å². The summed E-state index contributed by atoms with van der Waals surface area (Å²) in [5.41, 5.74) is 0.0316. The van der Waals surface area contributed by atoms with Gasteiger partial charge in [0, 0.05) is 0 Å². The van der Waals surface area contributed by atoms with Crippen LogP contribution in [-0.4, -0.2) is 15.1 Å². The highest BCUT2D eigenvalue weighted by Crippen LogP contribution is 2.09. The average molecular weight is 232 g/mol. The van der Waals surface area contributed by atoms with E-state index in [2.05, 4.69) is 9.97 Å². The molecule has 0 radical (unpaired) electrons. The molecule has 3 N–H and O–H groups in total. The monoisotopic (exact) mass is 232 g/mol. The zero-order valence-electron chi connectivity index (χ0n) is 9.06. The van der Waals surface area contributed by atoms with Crippen LogP contribution in [0.25, 0.3) is 0 Å². The maximum Gasteiger partial charge on any atom is 0.328 e. The van der Waals surface area contributed by atoms with Crippen LogP contribution in [0.3, 0.4) is 0 Å². The van der Waals surface area contributed by atoms with Crippen molar-refractivity contribution in [2.45, 2.75) is 12.8 Å². The maximum atomic E-state index is 11.4. The van der Waals surface area contributed by atoms with Crippen LogP contribution >= 0.6 is 0 Å². The molecule has 2 aromatic rings. The minimum atomic E-state index is -0.698. The Morgan fingerprint density at radius 1 is 1.00 bits per heavy atom. The molecule has 0 bridgehead atoms. The number of aromatic amines is 2. The predicted molar refractivity (Wildman–Crippen MR) is 63.2 cm³/mol. The van der Waals surface area contributed by atoms with Gasteiger partial charge in [-0.1, -0.05) is 30.3 Å². The summed E-state index contributed by atoms with van der Waals surface area (Å²) < 4.78 is 0. The number of aryl methyl sites for hydroxylation is 1. The van der Waals surface area contributed by atoms with Crippen molar-refractivity contribution >= 4 is 0 Å². The summed E-state index contributed by atoms with van der Waals surface area (Å²) in [6.07, 6.45) is 1.01. The first kappa shape index (κ1) is 11.2. The molecule has 0 aliphatic rings. The van der Waals surface area contributed by atoms with E-state index >= 15 is 0 Å². The Labute approximate surface area is 96.8 Å². The number of benzene rings is 1. The van der Waals surface area contributed by atoms with Crippen LogP contribution in [0.2, 0.25) is 0 Å². The predicted octanol–water partition coefficient (Wildman–Crippen LogP) is 0.554. The third-order valence-electron chi connectivity index (χ3n) is 2.53. The molecule has 0 saturated heterocycles. The quantitative estimate of drug-likeness (QED) is 0.722. The van der Waals surface area contributed by atoms with E-state index in [-0.39, 0.29) is 11.4 Å². The summed E-state index contributed by atoms with van der Waals surface area (Å²) in [5, 5.41) is 9.47. The Balaban J connectivity index is 2.21. The molecule has 0 aliphatic heterocycles. The smallest absolute Gasteiger partial charge is 0.328 e. The van der Waals surface area contributed by atoms with E-state index < -0.39 is 11.2 Å². The standard InChI is InChI=1S/C12H12N2O3/c15-10-9(11(16)14-12(17)13-10)7-6-8-4-2-1-3-5-8/h1-5H,6-7H2,(H3,13,14,15,16,17). The van der Waals surface area contributed by atoms with Gasteiger partial charge in [-0.05, 0) is 18.4 Å². The number of hydrogen-bond acceptors (Lipinski definition) is 3. The largest absolute Gasteiger partial charge is 0.494 e. The molecule has 17 heavy (non-hydrogen) atoms. The fourth-order valence-corrected chi connectivity index (χ4v) is 1.65. The van der Waals surface area contributed by atoms with E-state index in [0.717, 1.165) is 5.56 Å². The molecule has 88 valence electrons. The number of H-pyrrole nitrogens is 2. The lowest BCUT2D eigenvalue weighted by Gasteiger charge is -2.02. The highest BCUT2D eigenvalue weighted by Gasteiger charge is 2.08. The zero-order valence-corrected chi connectivity index (χ0v) is 9.06. The maximum absolute atomic E-state index is 11.4. The van der Waals surface area contributed by atoms with Crippen LogP contribution in [0, 0.1) is 0 Å². The molecule has 0 unspecified atom stereocenters. The van der Waals surface area contributed by atoms with Crippen molar-refractivity contribution in [3.63, 3.8) is 0 Å². The third kappa shape index (κ3) is 2.63. The summed E-state index contributed by atoms with van der Waals surface area (Å²) in [7, 11) is 0. The zero-order chi connectivity index (χ0) is 12.3. The SMILES string of the molecule is O=c1[nH]c(O)c(CCc2ccccc2)c(=O)[nH]1. The van der Waals surface area contributed by atoms with Crippen molar-refractivity contribution in [3.05, 3.63) is 62.3 Å². The van der Waals surface area contributed by atoms with E-state index in [1.807, 2.05) is 30.3 Å². The van der Waals surface area contributed by atoms with Gasteiger partial charge in [0.2, 0.25) is 5.88 Å². The van der Waals surface area contributed by atoms with E-state index in [4.69, 9.17) is 0 Å². The lowest BCUT2D eigenvalue weighted by Crippen LogP contribution is -2.25. The van der Waals surface area contributed by atoms with Crippen molar-refractivity contribution in [1.29, 1.82) is 0 Å². The number of aromatic nitrogens is 2. The summed E-state index contributed by atoms with van der Waals surface area (Å²) in [4.78, 5) is 26.6. The molecule has 2 rings (SSSR count). The molecule has 0 atom stereocenters. The van der Waals surface area contributed by atoms with Crippen LogP contribution in [-0.2, 0) is 12.8 Å². The third-order valence-corrected chi connectivity index (χ3v) is 2.53. The second kappa shape index (κ2) is 4.69. The number of rotatable bonds is 3. The van der Waals surface area contributed by atoms with Crippen LogP contribution in [0.4, 0.5) is 0 Å². The minimum absolute atomic E-state index is 0.202. The summed E-state index contributed by atoms with van der Waals surface area (Å²) >= 11 is 0. The molecule has 1 heterocycles. The van der Waals surface area contributed by atoms with Crippen LogP contribution in [0.15, 0.2) is 39.9 Å². The summed E-state index contributed by atoms with van der Waals surface area (Å²) in [5.74, 6) is -0.352. The first-order valence-corrected chi connectivity index (χ1v) is 5.25. The topological polar surface area (TPSA) is 85.9 Å². The van der Waals surface area contributed by atoms with Gasteiger partial charge in [0.25, 0.3) is 5.56 Å².